The topological polar surface area (TPSA) is 73.1 Å². The Morgan fingerprint density at radius 1 is 1.19 bits per heavy atom. The standard InChI is InChI=1S/C15H12N2O4/c1-20-10-5-4-6-11(9-10)21-14-13(15(18)19)17-8-3-2-7-12(17)16-14/h2-9H,1H3,(H,18,19). The summed E-state index contributed by atoms with van der Waals surface area (Å²) in [7, 11) is 1.55. The minimum absolute atomic E-state index is 0.0200. The van der Waals surface area contributed by atoms with Gasteiger partial charge < -0.3 is 14.6 Å². The Bertz CT molecular complexity index is 810. The summed E-state index contributed by atoms with van der Waals surface area (Å²) in [5.41, 5.74) is 0.487. The van der Waals surface area contributed by atoms with Crippen molar-refractivity contribution in [2.24, 2.45) is 0 Å². The number of imidazole rings is 1. The van der Waals surface area contributed by atoms with Crippen LogP contribution in [-0.4, -0.2) is 27.6 Å². The number of carboxylic acids is 1. The molecule has 0 atom stereocenters. The van der Waals surface area contributed by atoms with Gasteiger partial charge in [0, 0.05) is 12.3 Å². The molecular formula is C15H12N2O4. The van der Waals surface area contributed by atoms with Crippen LogP contribution in [0, 0.1) is 0 Å². The number of nitrogens with zero attached hydrogens (tertiary/aromatic N) is 2. The molecule has 0 fully saturated rings. The van der Waals surface area contributed by atoms with Gasteiger partial charge in [0.05, 0.1) is 7.11 Å². The molecule has 21 heavy (non-hydrogen) atoms. The molecule has 0 bridgehead atoms. The summed E-state index contributed by atoms with van der Waals surface area (Å²) in [6, 6.07) is 12.1. The Labute approximate surface area is 120 Å². The number of methoxy groups -OCH3 is 1. The van der Waals surface area contributed by atoms with E-state index in [1.165, 1.54) is 4.40 Å². The number of hydrogen-bond acceptors (Lipinski definition) is 4. The molecule has 0 aliphatic heterocycles. The Morgan fingerprint density at radius 2 is 2.00 bits per heavy atom. The van der Waals surface area contributed by atoms with Crippen LogP contribution in [0.25, 0.3) is 5.65 Å². The van der Waals surface area contributed by atoms with Crippen molar-refractivity contribution in [3.8, 4) is 17.4 Å². The monoisotopic (exact) mass is 284 g/mol. The molecule has 0 radical (unpaired) electrons. The largest absolute Gasteiger partial charge is 0.497 e. The van der Waals surface area contributed by atoms with E-state index in [-0.39, 0.29) is 11.6 Å². The fourth-order valence-corrected chi connectivity index (χ4v) is 2.02. The summed E-state index contributed by atoms with van der Waals surface area (Å²) in [6.07, 6.45) is 1.63. The Balaban J connectivity index is 2.07. The summed E-state index contributed by atoms with van der Waals surface area (Å²) in [5, 5.41) is 9.37. The molecule has 106 valence electrons. The molecule has 0 saturated heterocycles. The molecule has 0 aliphatic rings. The molecule has 2 aromatic heterocycles. The van der Waals surface area contributed by atoms with Gasteiger partial charge in [-0.2, -0.15) is 4.98 Å². The number of carboxylic acid groups (broad SMARTS) is 1. The highest BCUT2D eigenvalue weighted by Gasteiger charge is 2.20. The summed E-state index contributed by atoms with van der Waals surface area (Å²) in [6.45, 7) is 0. The van der Waals surface area contributed by atoms with Crippen molar-refractivity contribution in [2.45, 2.75) is 0 Å². The van der Waals surface area contributed by atoms with Crippen LogP contribution in [0.15, 0.2) is 48.7 Å². The molecule has 0 amide bonds. The first kappa shape index (κ1) is 13.0. The predicted molar refractivity (Wildman–Crippen MR) is 75.2 cm³/mol. The molecule has 3 rings (SSSR count). The lowest BCUT2D eigenvalue weighted by atomic mass is 10.3. The molecule has 0 unspecified atom stereocenters. The van der Waals surface area contributed by atoms with Gasteiger partial charge in [-0.3, -0.25) is 4.40 Å². The van der Waals surface area contributed by atoms with Crippen LogP contribution in [0.5, 0.6) is 17.4 Å². The van der Waals surface area contributed by atoms with Gasteiger partial charge in [0.1, 0.15) is 17.1 Å². The zero-order valence-electron chi connectivity index (χ0n) is 11.2. The van der Waals surface area contributed by atoms with Gasteiger partial charge in [0.25, 0.3) is 5.88 Å². The lowest BCUT2D eigenvalue weighted by molar-refractivity contribution is 0.0686. The molecule has 0 saturated carbocycles. The van der Waals surface area contributed by atoms with E-state index in [0.717, 1.165) is 0 Å². The van der Waals surface area contributed by atoms with Crippen LogP contribution in [-0.2, 0) is 0 Å². The zero-order valence-corrected chi connectivity index (χ0v) is 11.2. The minimum atomic E-state index is -1.11. The number of rotatable bonds is 4. The second kappa shape index (κ2) is 5.16. The maximum atomic E-state index is 11.4. The first-order valence-corrected chi connectivity index (χ1v) is 6.21. The van der Waals surface area contributed by atoms with Gasteiger partial charge in [-0.15, -0.1) is 0 Å². The number of fused-ring (bicyclic) bond motifs is 1. The molecule has 6 nitrogen and oxygen atoms in total. The lowest BCUT2D eigenvalue weighted by Gasteiger charge is -2.05. The van der Waals surface area contributed by atoms with Crippen molar-refractivity contribution in [1.82, 2.24) is 9.38 Å². The number of pyridine rings is 1. The second-order valence-electron chi connectivity index (χ2n) is 4.28. The van der Waals surface area contributed by atoms with Crippen molar-refractivity contribution in [3.63, 3.8) is 0 Å². The molecular weight excluding hydrogens is 272 g/mol. The van der Waals surface area contributed by atoms with Crippen molar-refractivity contribution >= 4 is 11.6 Å². The quantitative estimate of drug-likeness (QED) is 0.797. The third kappa shape index (κ3) is 2.38. The van der Waals surface area contributed by atoms with E-state index < -0.39 is 5.97 Å². The van der Waals surface area contributed by atoms with Crippen molar-refractivity contribution in [3.05, 3.63) is 54.4 Å². The Morgan fingerprint density at radius 3 is 2.76 bits per heavy atom. The summed E-state index contributed by atoms with van der Waals surface area (Å²) < 4.78 is 12.2. The van der Waals surface area contributed by atoms with Gasteiger partial charge in [0.2, 0.25) is 0 Å². The van der Waals surface area contributed by atoms with Crippen molar-refractivity contribution in [2.75, 3.05) is 7.11 Å². The fourth-order valence-electron chi connectivity index (χ4n) is 2.02. The highest BCUT2D eigenvalue weighted by atomic mass is 16.5. The van der Waals surface area contributed by atoms with Gasteiger partial charge in [0.15, 0.2) is 5.69 Å². The summed E-state index contributed by atoms with van der Waals surface area (Å²) in [4.78, 5) is 15.6. The summed E-state index contributed by atoms with van der Waals surface area (Å²) >= 11 is 0. The highest BCUT2D eigenvalue weighted by molar-refractivity contribution is 5.89. The average molecular weight is 284 g/mol. The maximum absolute atomic E-state index is 11.4. The van der Waals surface area contributed by atoms with Gasteiger partial charge >= 0.3 is 5.97 Å². The van der Waals surface area contributed by atoms with E-state index in [4.69, 9.17) is 9.47 Å². The maximum Gasteiger partial charge on any atom is 0.358 e. The molecule has 1 N–H and O–H groups in total. The van der Waals surface area contributed by atoms with Crippen LogP contribution < -0.4 is 9.47 Å². The van der Waals surface area contributed by atoms with Gasteiger partial charge in [-0.05, 0) is 24.3 Å². The SMILES string of the molecule is COc1cccc(Oc2nc3ccccn3c2C(=O)O)c1. The number of hydrogen-bond donors (Lipinski definition) is 1. The molecule has 6 heteroatoms. The van der Waals surface area contributed by atoms with E-state index in [2.05, 4.69) is 4.98 Å². The van der Waals surface area contributed by atoms with Crippen LogP contribution in [0.1, 0.15) is 10.5 Å². The molecule has 3 aromatic rings. The Kier molecular flexibility index (Phi) is 3.19. The minimum Gasteiger partial charge on any atom is -0.497 e. The van der Waals surface area contributed by atoms with E-state index in [1.54, 1.807) is 55.8 Å². The highest BCUT2D eigenvalue weighted by Crippen LogP contribution is 2.28. The van der Waals surface area contributed by atoms with Gasteiger partial charge in [-0.1, -0.05) is 12.1 Å². The molecule has 1 aromatic carbocycles. The van der Waals surface area contributed by atoms with Crippen molar-refractivity contribution in [1.29, 1.82) is 0 Å². The van der Waals surface area contributed by atoms with Crippen LogP contribution in [0.4, 0.5) is 0 Å². The third-order valence-electron chi connectivity index (χ3n) is 2.96. The van der Waals surface area contributed by atoms with Crippen LogP contribution in [0.2, 0.25) is 0 Å². The second-order valence-corrected chi connectivity index (χ2v) is 4.28. The number of carbonyl (C=O) groups is 1. The fraction of sp³-hybridized carbons (Fsp3) is 0.0667. The van der Waals surface area contributed by atoms with Gasteiger partial charge in [-0.25, -0.2) is 4.79 Å². The van der Waals surface area contributed by atoms with E-state index in [9.17, 15) is 9.90 Å². The molecule has 0 spiro atoms. The third-order valence-corrected chi connectivity index (χ3v) is 2.96. The Hall–Kier alpha value is -3.02. The predicted octanol–water partition coefficient (Wildman–Crippen LogP) is 2.83. The smallest absolute Gasteiger partial charge is 0.358 e. The van der Waals surface area contributed by atoms with E-state index >= 15 is 0 Å². The average Bonchev–Trinajstić information content (AvgIpc) is 2.85. The van der Waals surface area contributed by atoms with Crippen LogP contribution in [0.3, 0.4) is 0 Å². The van der Waals surface area contributed by atoms with Crippen LogP contribution >= 0.6 is 0 Å². The number of benzene rings is 1. The lowest BCUT2D eigenvalue weighted by Crippen LogP contribution is -2.03. The molecule has 0 aliphatic carbocycles. The molecule has 2 heterocycles. The normalized spacial score (nSPS) is 10.5. The number of aromatic carboxylic acids is 1. The first-order chi connectivity index (χ1) is 10.2. The zero-order chi connectivity index (χ0) is 14.8. The number of aromatic nitrogens is 2. The van der Waals surface area contributed by atoms with Crippen molar-refractivity contribution < 1.29 is 19.4 Å². The summed E-state index contributed by atoms with van der Waals surface area (Å²) in [5.74, 6) is 0.0157. The number of ether oxygens (including phenoxy) is 2. The van der Waals surface area contributed by atoms with E-state index in [0.29, 0.717) is 17.1 Å². The first-order valence-electron chi connectivity index (χ1n) is 6.21. The van der Waals surface area contributed by atoms with E-state index in [1.807, 2.05) is 0 Å².